The summed E-state index contributed by atoms with van der Waals surface area (Å²) in [5.41, 5.74) is 1.86. The van der Waals surface area contributed by atoms with Gasteiger partial charge in [-0.05, 0) is 42.4 Å². The Bertz CT molecular complexity index is 1070. The highest BCUT2D eigenvalue weighted by Crippen LogP contribution is 2.43. The number of amides is 1. The van der Waals surface area contributed by atoms with Crippen molar-refractivity contribution >= 4 is 32.2 Å². The van der Waals surface area contributed by atoms with Crippen LogP contribution in [-0.2, 0) is 32.3 Å². The van der Waals surface area contributed by atoms with Crippen LogP contribution in [-0.4, -0.2) is 49.7 Å². The molecule has 3 heterocycles. The molecule has 1 N–H and O–H groups in total. The summed E-state index contributed by atoms with van der Waals surface area (Å²) in [6, 6.07) is 6.80. The molecule has 1 unspecified atom stereocenters. The molecule has 7 nitrogen and oxygen atoms in total. The third-order valence-corrected chi connectivity index (χ3v) is 9.12. The third kappa shape index (κ3) is 5.65. The average molecular weight is 492 g/mol. The van der Waals surface area contributed by atoms with Gasteiger partial charge in [-0.2, -0.15) is 0 Å². The second kappa shape index (κ2) is 10.2. The number of hydrogen-bond donors (Lipinski definition) is 1. The minimum absolute atomic E-state index is 0.0603. The fourth-order valence-electron chi connectivity index (χ4n) is 4.75. The lowest BCUT2D eigenvalue weighted by molar-refractivity contribution is -0.115. The molecule has 4 rings (SSSR count). The molecule has 1 amide bonds. The van der Waals surface area contributed by atoms with Gasteiger partial charge in [-0.15, -0.1) is 11.3 Å². The quantitative estimate of drug-likeness (QED) is 0.599. The molecular formula is C24H33N3O4S2. The van der Waals surface area contributed by atoms with E-state index in [-0.39, 0.29) is 29.0 Å². The van der Waals surface area contributed by atoms with Crippen molar-refractivity contribution in [3.63, 3.8) is 0 Å². The maximum atomic E-state index is 12.6. The first-order chi connectivity index (χ1) is 15.8. The molecule has 0 bridgehead atoms. The Morgan fingerprint density at radius 3 is 2.70 bits per heavy atom. The number of carbonyl (C=O) groups is 1. The van der Waals surface area contributed by atoms with Crippen molar-refractivity contribution in [1.82, 2.24) is 9.88 Å². The van der Waals surface area contributed by atoms with Gasteiger partial charge in [-0.25, -0.2) is 13.4 Å². The highest BCUT2D eigenvalue weighted by Gasteiger charge is 2.37. The van der Waals surface area contributed by atoms with Gasteiger partial charge in [0.25, 0.3) is 0 Å². The van der Waals surface area contributed by atoms with Crippen LogP contribution in [0.3, 0.4) is 0 Å². The fraction of sp³-hybridized carbons (Fsp3) is 0.583. The summed E-state index contributed by atoms with van der Waals surface area (Å²) in [6.45, 7) is 9.69. The smallest absolute Gasteiger partial charge is 0.230 e. The molecule has 1 saturated heterocycles. The molecule has 2 aromatic rings. The van der Waals surface area contributed by atoms with Gasteiger partial charge >= 0.3 is 0 Å². The topological polar surface area (TPSA) is 88.6 Å². The van der Waals surface area contributed by atoms with Crippen LogP contribution in [0.25, 0.3) is 0 Å². The zero-order chi connectivity index (χ0) is 23.6. The van der Waals surface area contributed by atoms with E-state index in [1.807, 2.05) is 0 Å². The maximum Gasteiger partial charge on any atom is 0.230 e. The zero-order valence-corrected chi connectivity index (χ0v) is 21.2. The predicted octanol–water partition coefficient (Wildman–Crippen LogP) is 4.06. The van der Waals surface area contributed by atoms with E-state index in [4.69, 9.17) is 9.72 Å². The summed E-state index contributed by atoms with van der Waals surface area (Å²) < 4.78 is 29.6. The Balaban J connectivity index is 1.38. The van der Waals surface area contributed by atoms with Crippen LogP contribution < -0.4 is 5.32 Å². The number of ether oxygens (including phenoxy) is 1. The van der Waals surface area contributed by atoms with Gasteiger partial charge in [-0.3, -0.25) is 9.69 Å². The van der Waals surface area contributed by atoms with Crippen molar-refractivity contribution < 1.29 is 17.9 Å². The molecule has 0 radical (unpaired) electrons. The number of hydrogen-bond acceptors (Lipinski definition) is 7. The third-order valence-electron chi connectivity index (χ3n) is 6.40. The summed E-state index contributed by atoms with van der Waals surface area (Å²) in [6.07, 6.45) is 2.53. The number of nitrogens with zero attached hydrogens (tertiary/aromatic N) is 2. The normalized spacial score (nSPS) is 21.3. The Hall–Kier alpha value is -1.81. The van der Waals surface area contributed by atoms with Crippen LogP contribution in [0, 0.1) is 11.8 Å². The second-order valence-electron chi connectivity index (χ2n) is 9.30. The van der Waals surface area contributed by atoms with Crippen molar-refractivity contribution in [1.29, 1.82) is 0 Å². The summed E-state index contributed by atoms with van der Waals surface area (Å²) >= 11 is 1.56. The van der Waals surface area contributed by atoms with E-state index in [0.29, 0.717) is 17.0 Å². The monoisotopic (exact) mass is 491 g/mol. The molecule has 1 aromatic carbocycles. The van der Waals surface area contributed by atoms with Crippen LogP contribution in [0.1, 0.15) is 55.8 Å². The van der Waals surface area contributed by atoms with Gasteiger partial charge in [0.05, 0.1) is 35.4 Å². The van der Waals surface area contributed by atoms with Gasteiger partial charge in [0.1, 0.15) is 0 Å². The molecular weight excluding hydrogens is 458 g/mol. The maximum absolute atomic E-state index is 12.6. The molecule has 33 heavy (non-hydrogen) atoms. The largest absolute Gasteiger partial charge is 0.381 e. The molecule has 180 valence electrons. The Morgan fingerprint density at radius 1 is 1.30 bits per heavy atom. The minimum atomic E-state index is -3.24. The summed E-state index contributed by atoms with van der Waals surface area (Å²) in [5.74, 6) is 0.919. The van der Waals surface area contributed by atoms with E-state index in [2.05, 4.69) is 24.1 Å². The molecule has 0 aliphatic carbocycles. The molecule has 1 fully saturated rings. The van der Waals surface area contributed by atoms with Gasteiger partial charge < -0.3 is 10.1 Å². The van der Waals surface area contributed by atoms with Crippen LogP contribution in [0.15, 0.2) is 29.2 Å². The number of fused-ring (bicyclic) bond motifs is 1. The van der Waals surface area contributed by atoms with Crippen LogP contribution in [0.2, 0.25) is 0 Å². The molecule has 0 spiro atoms. The first kappa shape index (κ1) is 24.3. The van der Waals surface area contributed by atoms with E-state index in [9.17, 15) is 13.2 Å². The summed E-state index contributed by atoms with van der Waals surface area (Å²) in [4.78, 5) is 21.5. The Morgan fingerprint density at radius 2 is 2.06 bits per heavy atom. The van der Waals surface area contributed by atoms with Crippen LogP contribution >= 0.6 is 11.3 Å². The first-order valence-corrected chi connectivity index (χ1v) is 14.2. The lowest BCUT2D eigenvalue weighted by atomic mass is 9.98. The predicted molar refractivity (Wildman–Crippen MR) is 130 cm³/mol. The number of anilines is 1. The zero-order valence-electron chi connectivity index (χ0n) is 19.5. The van der Waals surface area contributed by atoms with Crippen molar-refractivity contribution in [2.24, 2.45) is 11.8 Å². The summed E-state index contributed by atoms with van der Waals surface area (Å²) in [7, 11) is -3.24. The summed E-state index contributed by atoms with van der Waals surface area (Å²) in [5, 5.41) is 3.58. The van der Waals surface area contributed by atoms with E-state index in [1.165, 1.54) is 11.3 Å². The van der Waals surface area contributed by atoms with Gasteiger partial charge in [0, 0.05) is 24.6 Å². The molecule has 2 atom stereocenters. The van der Waals surface area contributed by atoms with Crippen LogP contribution in [0.5, 0.6) is 0 Å². The number of aromatic nitrogens is 1. The van der Waals surface area contributed by atoms with Crippen molar-refractivity contribution in [2.45, 2.75) is 57.5 Å². The lowest BCUT2D eigenvalue weighted by Gasteiger charge is -2.32. The number of benzene rings is 1. The molecule has 9 heteroatoms. The van der Waals surface area contributed by atoms with Gasteiger partial charge in [0.2, 0.25) is 5.91 Å². The molecule has 1 aromatic heterocycles. The van der Waals surface area contributed by atoms with E-state index in [0.717, 1.165) is 44.0 Å². The number of sulfone groups is 1. The SMILES string of the molecule is CCS(=O)(=O)c1ccc(CC(=O)Nc2nc3c(s2)CN(C[C@H]2CCCOC2)C3C(C)C)cc1. The number of thiazole rings is 1. The van der Waals surface area contributed by atoms with Crippen molar-refractivity contribution in [3.8, 4) is 0 Å². The highest BCUT2D eigenvalue weighted by atomic mass is 32.2. The number of nitrogens with one attached hydrogen (secondary N) is 1. The standard InChI is InChI=1S/C24H33N3O4S2/c1-4-33(29,30)19-9-7-17(8-10-19)12-21(28)25-24-26-22-20(32-24)14-27(23(22)16(2)3)13-18-6-5-11-31-15-18/h7-10,16,18,23H,4-6,11-15H2,1-3H3,(H,25,26,28)/t18-,23?/m1/s1. The number of rotatable bonds is 8. The van der Waals surface area contributed by atoms with E-state index >= 15 is 0 Å². The van der Waals surface area contributed by atoms with Crippen LogP contribution in [0.4, 0.5) is 5.13 Å². The minimum Gasteiger partial charge on any atom is -0.381 e. The molecule has 2 aliphatic rings. The molecule has 0 saturated carbocycles. The van der Waals surface area contributed by atoms with Gasteiger partial charge in [0.15, 0.2) is 15.0 Å². The van der Waals surface area contributed by atoms with Crippen molar-refractivity contribution in [2.75, 3.05) is 30.8 Å². The van der Waals surface area contributed by atoms with Crippen molar-refractivity contribution in [3.05, 3.63) is 40.4 Å². The molecule has 2 aliphatic heterocycles. The highest BCUT2D eigenvalue weighted by molar-refractivity contribution is 7.91. The van der Waals surface area contributed by atoms with E-state index in [1.54, 1.807) is 42.5 Å². The Kier molecular flexibility index (Phi) is 7.53. The van der Waals surface area contributed by atoms with Gasteiger partial charge in [-0.1, -0.05) is 32.9 Å². The Labute approximate surface area is 200 Å². The first-order valence-electron chi connectivity index (χ1n) is 11.7. The fourth-order valence-corrected chi connectivity index (χ4v) is 6.67. The second-order valence-corrected chi connectivity index (χ2v) is 12.7. The lowest BCUT2D eigenvalue weighted by Crippen LogP contribution is -2.34. The average Bonchev–Trinajstić information content (AvgIpc) is 3.31. The van der Waals surface area contributed by atoms with E-state index < -0.39 is 9.84 Å². The number of carbonyl (C=O) groups excluding carboxylic acids is 1.